The number of carbonyl (C=O) groups excluding carboxylic acids is 1. The number of nitrogens with one attached hydrogen (secondary N) is 1. The molecule has 0 aliphatic rings. The van der Waals surface area contributed by atoms with Crippen LogP contribution in [-0.2, 0) is 14.4 Å². The van der Waals surface area contributed by atoms with Crippen LogP contribution < -0.4 is 10.1 Å². The molecule has 0 saturated carbocycles. The third kappa shape index (κ3) is 5.38. The van der Waals surface area contributed by atoms with Gasteiger partial charge >= 0.3 is 11.9 Å². The van der Waals surface area contributed by atoms with E-state index >= 15 is 0 Å². The van der Waals surface area contributed by atoms with Crippen molar-refractivity contribution in [3.63, 3.8) is 0 Å². The van der Waals surface area contributed by atoms with E-state index in [0.717, 1.165) is 5.56 Å². The summed E-state index contributed by atoms with van der Waals surface area (Å²) in [7, 11) is 0. The van der Waals surface area contributed by atoms with E-state index in [1.165, 1.54) is 0 Å². The number of ether oxygens (including phenoxy) is 1. The second-order valence-electron chi connectivity index (χ2n) is 4.16. The van der Waals surface area contributed by atoms with E-state index in [9.17, 15) is 14.4 Å². The summed E-state index contributed by atoms with van der Waals surface area (Å²) < 4.78 is 5.18. The zero-order valence-corrected chi connectivity index (χ0v) is 10.8. The molecule has 0 bridgehead atoms. The van der Waals surface area contributed by atoms with Gasteiger partial charge in [0.1, 0.15) is 11.8 Å². The fourth-order valence-corrected chi connectivity index (χ4v) is 1.46. The molecule has 3 N–H and O–H groups in total. The van der Waals surface area contributed by atoms with Gasteiger partial charge in [0.05, 0.1) is 6.42 Å². The van der Waals surface area contributed by atoms with E-state index in [1.54, 1.807) is 18.2 Å². The van der Waals surface area contributed by atoms with Crippen LogP contribution in [0.5, 0.6) is 5.75 Å². The second-order valence-corrected chi connectivity index (χ2v) is 4.16. The zero-order valence-electron chi connectivity index (χ0n) is 10.8. The van der Waals surface area contributed by atoms with Gasteiger partial charge in [0, 0.05) is 0 Å². The minimum Gasteiger partial charge on any atom is -0.484 e. The van der Waals surface area contributed by atoms with Crippen molar-refractivity contribution in [2.75, 3.05) is 6.61 Å². The number of carboxylic acids is 2. The minimum absolute atomic E-state index is 0.382. The van der Waals surface area contributed by atoms with E-state index in [1.807, 2.05) is 13.0 Å². The average Bonchev–Trinajstić information content (AvgIpc) is 2.35. The Hall–Kier alpha value is -2.57. The van der Waals surface area contributed by atoms with Crippen molar-refractivity contribution in [1.29, 1.82) is 0 Å². The van der Waals surface area contributed by atoms with Crippen LogP contribution in [0.15, 0.2) is 24.3 Å². The predicted molar refractivity (Wildman–Crippen MR) is 68.5 cm³/mol. The number of amides is 1. The highest BCUT2D eigenvalue weighted by atomic mass is 16.5. The predicted octanol–water partition coefficient (Wildman–Crippen LogP) is 0.418. The van der Waals surface area contributed by atoms with Crippen LogP contribution in [0.3, 0.4) is 0 Å². The first-order chi connectivity index (χ1) is 9.38. The van der Waals surface area contributed by atoms with Gasteiger partial charge in [0.2, 0.25) is 0 Å². The molecule has 0 fully saturated rings. The zero-order chi connectivity index (χ0) is 15.1. The number of carbonyl (C=O) groups is 3. The Balaban J connectivity index is 2.49. The van der Waals surface area contributed by atoms with E-state index in [4.69, 9.17) is 14.9 Å². The van der Waals surface area contributed by atoms with Gasteiger partial charge in [-0.2, -0.15) is 0 Å². The van der Waals surface area contributed by atoms with Gasteiger partial charge < -0.3 is 20.3 Å². The number of aliphatic carboxylic acids is 2. The number of hydrogen-bond acceptors (Lipinski definition) is 4. The van der Waals surface area contributed by atoms with Gasteiger partial charge in [-0.05, 0) is 24.6 Å². The van der Waals surface area contributed by atoms with Crippen LogP contribution in [0, 0.1) is 6.92 Å². The second kappa shape index (κ2) is 7.13. The molecule has 108 valence electrons. The maximum Gasteiger partial charge on any atom is 0.326 e. The van der Waals surface area contributed by atoms with Crippen molar-refractivity contribution in [1.82, 2.24) is 5.32 Å². The molecule has 1 rings (SSSR count). The third-order valence-electron chi connectivity index (χ3n) is 2.37. The Bertz CT molecular complexity index is 513. The van der Waals surface area contributed by atoms with Crippen molar-refractivity contribution < 1.29 is 29.3 Å². The lowest BCUT2D eigenvalue weighted by atomic mass is 10.2. The van der Waals surface area contributed by atoms with Crippen LogP contribution in [0.2, 0.25) is 0 Å². The van der Waals surface area contributed by atoms with E-state index in [-0.39, 0.29) is 6.61 Å². The van der Waals surface area contributed by atoms with Crippen LogP contribution in [0.1, 0.15) is 12.0 Å². The molecule has 0 unspecified atom stereocenters. The maximum absolute atomic E-state index is 11.5. The fourth-order valence-electron chi connectivity index (χ4n) is 1.46. The molecule has 1 aromatic carbocycles. The highest BCUT2D eigenvalue weighted by Crippen LogP contribution is 2.11. The number of aryl methyl sites for hydroxylation is 1. The highest BCUT2D eigenvalue weighted by molar-refractivity contribution is 5.87. The van der Waals surface area contributed by atoms with Gasteiger partial charge in [0.15, 0.2) is 6.61 Å². The van der Waals surface area contributed by atoms with Gasteiger partial charge in [-0.25, -0.2) is 4.79 Å². The van der Waals surface area contributed by atoms with Gasteiger partial charge in [-0.3, -0.25) is 9.59 Å². The van der Waals surface area contributed by atoms with Crippen molar-refractivity contribution in [3.05, 3.63) is 29.8 Å². The highest BCUT2D eigenvalue weighted by Gasteiger charge is 2.23. The summed E-state index contributed by atoms with van der Waals surface area (Å²) in [4.78, 5) is 32.7. The molecule has 20 heavy (non-hydrogen) atoms. The summed E-state index contributed by atoms with van der Waals surface area (Å²) in [5, 5.41) is 19.4. The number of carboxylic acid groups (broad SMARTS) is 2. The summed E-state index contributed by atoms with van der Waals surface area (Å²) in [6, 6.07) is 5.53. The summed E-state index contributed by atoms with van der Waals surface area (Å²) in [6.45, 7) is 1.48. The third-order valence-corrected chi connectivity index (χ3v) is 2.37. The van der Waals surface area contributed by atoms with Crippen molar-refractivity contribution in [3.8, 4) is 5.75 Å². The number of hydrogen-bond donors (Lipinski definition) is 3. The summed E-state index contributed by atoms with van der Waals surface area (Å²) >= 11 is 0. The molecule has 7 nitrogen and oxygen atoms in total. The first-order valence-electron chi connectivity index (χ1n) is 5.82. The molecule has 0 spiro atoms. The molecular formula is C13H15NO6. The summed E-state index contributed by atoms with van der Waals surface area (Å²) in [6.07, 6.45) is -0.689. The minimum atomic E-state index is -1.47. The molecule has 0 aliphatic carbocycles. The average molecular weight is 281 g/mol. The Kier molecular flexibility index (Phi) is 5.52. The molecule has 0 saturated heterocycles. The van der Waals surface area contributed by atoms with Crippen molar-refractivity contribution >= 4 is 17.8 Å². The molecular weight excluding hydrogens is 266 g/mol. The van der Waals surface area contributed by atoms with Crippen LogP contribution >= 0.6 is 0 Å². The van der Waals surface area contributed by atoms with Crippen LogP contribution in [-0.4, -0.2) is 40.7 Å². The Morgan fingerprint density at radius 3 is 2.55 bits per heavy atom. The van der Waals surface area contributed by atoms with E-state index in [2.05, 4.69) is 5.32 Å². The molecule has 7 heteroatoms. The van der Waals surface area contributed by atoms with Crippen LogP contribution in [0.25, 0.3) is 0 Å². The quantitative estimate of drug-likeness (QED) is 0.667. The fraction of sp³-hybridized carbons (Fsp3) is 0.308. The Morgan fingerprint density at radius 2 is 2.00 bits per heavy atom. The molecule has 0 aliphatic heterocycles. The first kappa shape index (κ1) is 15.5. The Morgan fingerprint density at radius 1 is 1.30 bits per heavy atom. The molecule has 1 aromatic rings. The van der Waals surface area contributed by atoms with Gasteiger partial charge in [0.25, 0.3) is 5.91 Å². The largest absolute Gasteiger partial charge is 0.484 e. The summed E-state index contributed by atoms with van der Waals surface area (Å²) in [5.74, 6) is -2.93. The van der Waals surface area contributed by atoms with Crippen molar-refractivity contribution in [2.24, 2.45) is 0 Å². The number of rotatable bonds is 7. The maximum atomic E-state index is 11.5. The topological polar surface area (TPSA) is 113 Å². The molecule has 1 amide bonds. The molecule has 1 atom stereocenters. The number of benzene rings is 1. The van der Waals surface area contributed by atoms with Crippen molar-refractivity contribution in [2.45, 2.75) is 19.4 Å². The molecule has 0 aromatic heterocycles. The lowest BCUT2D eigenvalue weighted by Gasteiger charge is -2.13. The standard InChI is InChI=1S/C13H15NO6/c1-8-3-2-4-9(5-8)20-7-11(15)14-10(13(18)19)6-12(16)17/h2-5,10H,6-7H2,1H3,(H,14,15)(H,16,17)(H,18,19)/t10-/m1/s1. The van der Waals surface area contributed by atoms with E-state index in [0.29, 0.717) is 5.75 Å². The SMILES string of the molecule is Cc1cccc(OCC(=O)N[C@H](CC(=O)O)C(=O)O)c1. The molecule has 0 heterocycles. The first-order valence-corrected chi connectivity index (χ1v) is 5.82. The lowest BCUT2D eigenvalue weighted by molar-refractivity contribution is -0.147. The van der Waals surface area contributed by atoms with E-state index < -0.39 is 30.3 Å². The normalized spacial score (nSPS) is 11.4. The van der Waals surface area contributed by atoms with Crippen LogP contribution in [0.4, 0.5) is 0 Å². The lowest BCUT2D eigenvalue weighted by Crippen LogP contribution is -2.44. The smallest absolute Gasteiger partial charge is 0.326 e. The monoisotopic (exact) mass is 281 g/mol. The summed E-state index contributed by atoms with van der Waals surface area (Å²) in [5.41, 5.74) is 0.956. The molecule has 0 radical (unpaired) electrons. The van der Waals surface area contributed by atoms with Gasteiger partial charge in [-0.1, -0.05) is 12.1 Å². The Labute approximate surface area is 115 Å². The van der Waals surface area contributed by atoms with Gasteiger partial charge in [-0.15, -0.1) is 0 Å².